The van der Waals surface area contributed by atoms with Gasteiger partial charge in [-0.05, 0) is 26.7 Å². The second kappa shape index (κ2) is 10.9. The average Bonchev–Trinajstić information content (AvgIpc) is 2.88. The van der Waals surface area contributed by atoms with Crippen molar-refractivity contribution in [2.45, 2.75) is 39.3 Å². The number of hydrogen-bond donors (Lipinski definition) is 2. The van der Waals surface area contributed by atoms with Gasteiger partial charge in [0.05, 0.1) is 12.2 Å². The largest absolute Gasteiger partial charge is 0.381 e. The summed E-state index contributed by atoms with van der Waals surface area (Å²) in [6, 6.07) is 0.319. The van der Waals surface area contributed by atoms with Crippen molar-refractivity contribution in [2.75, 3.05) is 33.9 Å². The van der Waals surface area contributed by atoms with Crippen molar-refractivity contribution in [3.05, 3.63) is 15.6 Å². The summed E-state index contributed by atoms with van der Waals surface area (Å²) in [5.41, 5.74) is 1.07. The number of carbonyl (C=O) groups excluding carboxylic acids is 1. The molecule has 0 atom stereocenters. The molecule has 2 N–H and O–H groups in total. The average molecular weight is 481 g/mol. The maximum Gasteiger partial charge on any atom is 0.243 e. The Labute approximate surface area is 170 Å². The van der Waals surface area contributed by atoms with E-state index in [0.29, 0.717) is 18.5 Å². The van der Waals surface area contributed by atoms with E-state index in [4.69, 9.17) is 4.74 Å². The van der Waals surface area contributed by atoms with Gasteiger partial charge >= 0.3 is 0 Å². The highest BCUT2D eigenvalue weighted by molar-refractivity contribution is 14.0. The zero-order valence-electron chi connectivity index (χ0n) is 15.3. The summed E-state index contributed by atoms with van der Waals surface area (Å²) in [6.07, 6.45) is 1.88. The number of likely N-dealkylation sites (N-methyl/N-ethyl adjacent to an activating group) is 1. The molecule has 1 saturated heterocycles. The lowest BCUT2D eigenvalue weighted by Gasteiger charge is -2.25. The number of aliphatic imine (C=N–C) groups is 1. The fourth-order valence-corrected chi connectivity index (χ4v) is 3.12. The Balaban J connectivity index is 0.00000312. The van der Waals surface area contributed by atoms with E-state index in [9.17, 15) is 4.79 Å². The normalized spacial score (nSPS) is 15.4. The predicted molar refractivity (Wildman–Crippen MR) is 112 cm³/mol. The van der Waals surface area contributed by atoms with E-state index < -0.39 is 0 Å². The molecule has 7 nitrogen and oxygen atoms in total. The highest BCUT2D eigenvalue weighted by Crippen LogP contribution is 2.16. The number of guanidine groups is 1. The third-order valence-electron chi connectivity index (χ3n) is 3.91. The van der Waals surface area contributed by atoms with Crippen LogP contribution in [0.5, 0.6) is 0 Å². The number of carbonyl (C=O) groups is 1. The van der Waals surface area contributed by atoms with E-state index in [-0.39, 0.29) is 36.4 Å². The molecule has 0 bridgehead atoms. The first-order valence-electron chi connectivity index (χ1n) is 8.21. The van der Waals surface area contributed by atoms with Gasteiger partial charge in [0.25, 0.3) is 0 Å². The first-order valence-corrected chi connectivity index (χ1v) is 9.03. The Morgan fingerprint density at radius 3 is 2.60 bits per heavy atom. The van der Waals surface area contributed by atoms with Crippen LogP contribution >= 0.6 is 35.3 Å². The van der Waals surface area contributed by atoms with Gasteiger partial charge in [-0.1, -0.05) is 0 Å². The quantitative estimate of drug-likeness (QED) is 0.380. The molecule has 142 valence electrons. The molecular weight excluding hydrogens is 453 g/mol. The minimum absolute atomic E-state index is 0. The number of halogens is 1. The van der Waals surface area contributed by atoms with Gasteiger partial charge < -0.3 is 20.3 Å². The summed E-state index contributed by atoms with van der Waals surface area (Å²) < 4.78 is 5.39. The highest BCUT2D eigenvalue weighted by Gasteiger charge is 2.16. The Bertz CT molecular complexity index is 566. The minimum atomic E-state index is -0.0241. The molecule has 1 aromatic rings. The molecule has 0 radical (unpaired) electrons. The number of rotatable bonds is 5. The van der Waals surface area contributed by atoms with Crippen LogP contribution in [0.1, 0.15) is 28.4 Å². The highest BCUT2D eigenvalue weighted by atomic mass is 127. The molecule has 1 aliphatic rings. The van der Waals surface area contributed by atoms with E-state index in [2.05, 4.69) is 27.5 Å². The van der Waals surface area contributed by atoms with E-state index in [0.717, 1.165) is 36.8 Å². The SMILES string of the molecule is Cc1nc(CNC(=NCC(=O)N(C)C)NC2CCOCC2)sc1C.I. The molecule has 1 aliphatic heterocycles. The summed E-state index contributed by atoms with van der Waals surface area (Å²) >= 11 is 1.68. The molecule has 0 saturated carbocycles. The standard InChI is InChI=1S/C16H27N5O2S.HI/c1-11-12(2)24-14(19-11)9-17-16(18-10-15(22)21(3)4)20-13-5-7-23-8-6-13;/h13H,5-10H2,1-4H3,(H2,17,18,20);1H. The van der Waals surface area contributed by atoms with Crippen molar-refractivity contribution >= 4 is 47.2 Å². The minimum Gasteiger partial charge on any atom is -0.381 e. The van der Waals surface area contributed by atoms with E-state index in [1.165, 1.54) is 4.88 Å². The molecular formula is C16H28IN5O2S. The van der Waals surface area contributed by atoms with Gasteiger partial charge in [-0.2, -0.15) is 0 Å². The Morgan fingerprint density at radius 1 is 1.36 bits per heavy atom. The summed E-state index contributed by atoms with van der Waals surface area (Å²) in [7, 11) is 3.47. The number of aromatic nitrogens is 1. The van der Waals surface area contributed by atoms with E-state index in [1.807, 2.05) is 6.92 Å². The number of ether oxygens (including phenoxy) is 1. The third-order valence-corrected chi connectivity index (χ3v) is 4.99. The molecule has 1 aromatic heterocycles. The number of nitrogens with zero attached hydrogens (tertiary/aromatic N) is 3. The van der Waals surface area contributed by atoms with Crippen LogP contribution in [0.15, 0.2) is 4.99 Å². The molecule has 0 spiro atoms. The Hall–Kier alpha value is -0.940. The van der Waals surface area contributed by atoms with E-state index in [1.54, 1.807) is 30.3 Å². The smallest absolute Gasteiger partial charge is 0.243 e. The summed E-state index contributed by atoms with van der Waals surface area (Å²) in [5, 5.41) is 7.72. The van der Waals surface area contributed by atoms with Crippen molar-refractivity contribution in [3.63, 3.8) is 0 Å². The van der Waals surface area contributed by atoms with Gasteiger partial charge in [0.1, 0.15) is 11.6 Å². The van der Waals surface area contributed by atoms with Gasteiger partial charge in [0.2, 0.25) is 5.91 Å². The lowest BCUT2D eigenvalue weighted by Crippen LogP contribution is -2.45. The van der Waals surface area contributed by atoms with Crippen LogP contribution in [0.2, 0.25) is 0 Å². The maximum absolute atomic E-state index is 11.8. The second-order valence-electron chi connectivity index (χ2n) is 6.09. The zero-order chi connectivity index (χ0) is 17.5. The molecule has 0 unspecified atom stereocenters. The van der Waals surface area contributed by atoms with Gasteiger partial charge in [-0.15, -0.1) is 35.3 Å². The number of hydrogen-bond acceptors (Lipinski definition) is 5. The third kappa shape index (κ3) is 7.45. The van der Waals surface area contributed by atoms with Crippen LogP contribution < -0.4 is 10.6 Å². The second-order valence-corrected chi connectivity index (χ2v) is 7.37. The lowest BCUT2D eigenvalue weighted by molar-refractivity contribution is -0.127. The van der Waals surface area contributed by atoms with Crippen LogP contribution in [0.25, 0.3) is 0 Å². The van der Waals surface area contributed by atoms with Crippen LogP contribution in [0.4, 0.5) is 0 Å². The molecule has 0 aliphatic carbocycles. The number of amides is 1. The Kier molecular flexibility index (Phi) is 9.65. The van der Waals surface area contributed by atoms with Crippen molar-refractivity contribution in [1.82, 2.24) is 20.5 Å². The van der Waals surface area contributed by atoms with Gasteiger partial charge in [0, 0.05) is 38.2 Å². The molecule has 1 amide bonds. The number of thiazole rings is 1. The first kappa shape index (κ1) is 22.1. The van der Waals surface area contributed by atoms with Gasteiger partial charge in [-0.3, -0.25) is 4.79 Å². The maximum atomic E-state index is 11.8. The van der Waals surface area contributed by atoms with Gasteiger partial charge in [-0.25, -0.2) is 9.98 Å². The molecule has 1 fully saturated rings. The molecule has 2 rings (SSSR count). The lowest BCUT2D eigenvalue weighted by atomic mass is 10.1. The summed E-state index contributed by atoms with van der Waals surface area (Å²) in [5.74, 6) is 0.631. The first-order chi connectivity index (χ1) is 11.5. The fraction of sp³-hybridized carbons (Fsp3) is 0.688. The van der Waals surface area contributed by atoms with Crippen molar-refractivity contribution < 1.29 is 9.53 Å². The monoisotopic (exact) mass is 481 g/mol. The predicted octanol–water partition coefficient (Wildman–Crippen LogP) is 1.68. The summed E-state index contributed by atoms with van der Waals surface area (Å²) in [6.45, 7) is 6.33. The topological polar surface area (TPSA) is 78.9 Å². The number of nitrogens with one attached hydrogen (secondary N) is 2. The molecule has 9 heteroatoms. The Morgan fingerprint density at radius 2 is 2.04 bits per heavy atom. The molecule has 2 heterocycles. The van der Waals surface area contributed by atoms with E-state index >= 15 is 0 Å². The van der Waals surface area contributed by atoms with Crippen LogP contribution in [0.3, 0.4) is 0 Å². The summed E-state index contributed by atoms with van der Waals surface area (Å²) in [4.78, 5) is 23.5. The number of aryl methyl sites for hydroxylation is 2. The fourth-order valence-electron chi connectivity index (χ4n) is 2.25. The van der Waals surface area contributed by atoms with Crippen molar-refractivity contribution in [2.24, 2.45) is 4.99 Å². The van der Waals surface area contributed by atoms with Crippen molar-refractivity contribution in [3.8, 4) is 0 Å². The molecule has 0 aromatic carbocycles. The zero-order valence-corrected chi connectivity index (χ0v) is 18.4. The van der Waals surface area contributed by atoms with Crippen molar-refractivity contribution in [1.29, 1.82) is 0 Å². The van der Waals surface area contributed by atoms with Crippen LogP contribution in [-0.4, -0.2) is 61.6 Å². The molecule has 25 heavy (non-hydrogen) atoms. The van der Waals surface area contributed by atoms with Gasteiger partial charge in [0.15, 0.2) is 5.96 Å². The van der Waals surface area contributed by atoms with Crippen LogP contribution in [-0.2, 0) is 16.1 Å². The van der Waals surface area contributed by atoms with Crippen LogP contribution in [0, 0.1) is 13.8 Å².